The van der Waals surface area contributed by atoms with Crippen LogP contribution in [0.5, 0.6) is 5.75 Å². The summed E-state index contributed by atoms with van der Waals surface area (Å²) in [5.41, 5.74) is 0.678. The van der Waals surface area contributed by atoms with Gasteiger partial charge in [0.1, 0.15) is 11.8 Å². The quantitative estimate of drug-likeness (QED) is 0.610. The third-order valence-electron chi connectivity index (χ3n) is 2.71. The first-order chi connectivity index (χ1) is 9.31. The maximum atomic E-state index is 11.9. The molecule has 1 amide bonds. The third-order valence-corrected chi connectivity index (χ3v) is 2.71. The summed E-state index contributed by atoms with van der Waals surface area (Å²) in [6, 6.07) is 2.83. The molecule has 20 heavy (non-hydrogen) atoms. The summed E-state index contributed by atoms with van der Waals surface area (Å²) in [6.45, 7) is 1.60. The second kappa shape index (κ2) is 6.55. The molecule has 1 unspecified atom stereocenters. The molecule has 1 atom stereocenters. The summed E-state index contributed by atoms with van der Waals surface area (Å²) in [4.78, 5) is 33.2. The Labute approximate surface area is 114 Å². The second-order valence-electron chi connectivity index (χ2n) is 4.30. The maximum absolute atomic E-state index is 11.9. The van der Waals surface area contributed by atoms with Crippen molar-refractivity contribution in [3.05, 3.63) is 29.3 Å². The summed E-state index contributed by atoms with van der Waals surface area (Å²) in [6.07, 6.45) is -0.556. The molecule has 0 aliphatic carbocycles. The van der Waals surface area contributed by atoms with Crippen LogP contribution in [0.1, 0.15) is 28.8 Å². The van der Waals surface area contributed by atoms with Gasteiger partial charge in [-0.15, -0.1) is 0 Å². The van der Waals surface area contributed by atoms with E-state index < -0.39 is 23.9 Å². The number of phenols is 1. The smallest absolute Gasteiger partial charge is 0.326 e. The molecular formula is C13H15NO6. The Morgan fingerprint density at radius 1 is 1.25 bits per heavy atom. The van der Waals surface area contributed by atoms with Gasteiger partial charge in [-0.25, -0.2) is 4.79 Å². The number of rotatable bonds is 6. The van der Waals surface area contributed by atoms with Gasteiger partial charge in [0.05, 0.1) is 0 Å². The number of hydrogen-bond donors (Lipinski definition) is 4. The average molecular weight is 281 g/mol. The lowest BCUT2D eigenvalue weighted by Gasteiger charge is -2.14. The number of hydrogen-bond acceptors (Lipinski definition) is 4. The largest absolute Gasteiger partial charge is 0.508 e. The van der Waals surface area contributed by atoms with Crippen molar-refractivity contribution in [2.45, 2.75) is 25.8 Å². The number of carboxylic acid groups (broad SMARTS) is 2. The number of aromatic hydroxyl groups is 1. The lowest BCUT2D eigenvalue weighted by Crippen LogP contribution is -2.41. The van der Waals surface area contributed by atoms with Crippen LogP contribution < -0.4 is 5.32 Å². The molecule has 0 heterocycles. The molecule has 108 valence electrons. The van der Waals surface area contributed by atoms with E-state index in [-0.39, 0.29) is 24.2 Å². The van der Waals surface area contributed by atoms with E-state index in [0.717, 1.165) is 0 Å². The van der Waals surface area contributed by atoms with Crippen LogP contribution in [-0.4, -0.2) is 39.2 Å². The first kappa shape index (κ1) is 15.5. The van der Waals surface area contributed by atoms with E-state index in [2.05, 4.69) is 5.32 Å². The molecule has 0 aromatic heterocycles. The van der Waals surface area contributed by atoms with E-state index >= 15 is 0 Å². The molecule has 1 aromatic carbocycles. The van der Waals surface area contributed by atoms with Crippen molar-refractivity contribution in [2.24, 2.45) is 0 Å². The van der Waals surface area contributed by atoms with Gasteiger partial charge in [-0.1, -0.05) is 0 Å². The highest BCUT2D eigenvalue weighted by Crippen LogP contribution is 2.17. The molecule has 0 fully saturated rings. The lowest BCUT2D eigenvalue weighted by molar-refractivity contribution is -0.140. The van der Waals surface area contributed by atoms with E-state index in [4.69, 9.17) is 10.2 Å². The molecular weight excluding hydrogens is 266 g/mol. The fourth-order valence-electron chi connectivity index (χ4n) is 1.56. The lowest BCUT2D eigenvalue weighted by atomic mass is 10.1. The molecule has 0 aliphatic rings. The Kier molecular flexibility index (Phi) is 5.08. The number of amides is 1. The van der Waals surface area contributed by atoms with Crippen molar-refractivity contribution in [1.29, 1.82) is 0 Å². The van der Waals surface area contributed by atoms with Crippen LogP contribution in [0.2, 0.25) is 0 Å². The first-order valence-corrected chi connectivity index (χ1v) is 5.86. The summed E-state index contributed by atoms with van der Waals surface area (Å²) in [5, 5.41) is 29.1. The highest BCUT2D eigenvalue weighted by Gasteiger charge is 2.21. The summed E-state index contributed by atoms with van der Waals surface area (Å²) < 4.78 is 0. The number of aliphatic carboxylic acids is 2. The van der Waals surface area contributed by atoms with Gasteiger partial charge in [-0.3, -0.25) is 9.59 Å². The molecule has 7 heteroatoms. The van der Waals surface area contributed by atoms with Gasteiger partial charge in [-0.2, -0.15) is 0 Å². The van der Waals surface area contributed by atoms with Gasteiger partial charge < -0.3 is 20.6 Å². The SMILES string of the molecule is Cc1cc(C(=O)NC(CCC(=O)O)C(=O)O)ccc1O. The Bertz CT molecular complexity index is 540. The predicted molar refractivity (Wildman–Crippen MR) is 68.6 cm³/mol. The molecule has 0 spiro atoms. The average Bonchev–Trinajstić information content (AvgIpc) is 2.36. The number of carbonyl (C=O) groups is 3. The van der Waals surface area contributed by atoms with Crippen molar-refractivity contribution < 1.29 is 29.7 Å². The number of phenolic OH excluding ortho intramolecular Hbond substituents is 1. The third kappa shape index (κ3) is 4.27. The number of carboxylic acids is 2. The van der Waals surface area contributed by atoms with Crippen molar-refractivity contribution in [2.75, 3.05) is 0 Å². The van der Waals surface area contributed by atoms with Gasteiger partial charge in [-0.05, 0) is 37.1 Å². The van der Waals surface area contributed by atoms with Crippen molar-refractivity contribution in [3.8, 4) is 5.75 Å². The summed E-state index contributed by atoms with van der Waals surface area (Å²) >= 11 is 0. The molecule has 0 radical (unpaired) electrons. The molecule has 0 bridgehead atoms. The number of benzene rings is 1. The van der Waals surface area contributed by atoms with E-state index in [1.165, 1.54) is 18.2 Å². The van der Waals surface area contributed by atoms with E-state index in [1.54, 1.807) is 6.92 Å². The first-order valence-electron chi connectivity index (χ1n) is 5.86. The van der Waals surface area contributed by atoms with Gasteiger partial charge in [0.25, 0.3) is 5.91 Å². The normalized spacial score (nSPS) is 11.7. The highest BCUT2D eigenvalue weighted by molar-refractivity contribution is 5.97. The van der Waals surface area contributed by atoms with Gasteiger partial charge in [0.15, 0.2) is 0 Å². The highest BCUT2D eigenvalue weighted by atomic mass is 16.4. The molecule has 7 nitrogen and oxygen atoms in total. The fraction of sp³-hybridized carbons (Fsp3) is 0.308. The molecule has 0 aliphatic heterocycles. The zero-order valence-corrected chi connectivity index (χ0v) is 10.8. The molecule has 4 N–H and O–H groups in total. The Morgan fingerprint density at radius 2 is 1.90 bits per heavy atom. The standard InChI is InChI=1S/C13H15NO6/c1-7-6-8(2-4-10(7)15)12(18)14-9(13(19)20)3-5-11(16)17/h2,4,6,9,15H,3,5H2,1H3,(H,14,18)(H,16,17)(H,19,20). The number of aryl methyl sites for hydroxylation is 1. The number of nitrogens with one attached hydrogen (secondary N) is 1. The fourth-order valence-corrected chi connectivity index (χ4v) is 1.56. The van der Waals surface area contributed by atoms with E-state index in [0.29, 0.717) is 5.56 Å². The minimum atomic E-state index is -1.30. The molecule has 0 saturated carbocycles. The van der Waals surface area contributed by atoms with Crippen LogP contribution in [0.15, 0.2) is 18.2 Å². The van der Waals surface area contributed by atoms with Crippen LogP contribution in [0, 0.1) is 6.92 Å². The Hall–Kier alpha value is -2.57. The Balaban J connectivity index is 2.77. The molecule has 1 rings (SSSR count). The monoisotopic (exact) mass is 281 g/mol. The van der Waals surface area contributed by atoms with Crippen LogP contribution in [0.3, 0.4) is 0 Å². The Morgan fingerprint density at radius 3 is 2.40 bits per heavy atom. The predicted octanol–water partition coefficient (Wildman–Crippen LogP) is 0.748. The van der Waals surface area contributed by atoms with Gasteiger partial charge in [0.2, 0.25) is 0 Å². The minimum absolute atomic E-state index is 0.0298. The zero-order valence-electron chi connectivity index (χ0n) is 10.8. The summed E-state index contributed by atoms with van der Waals surface area (Å²) in [7, 11) is 0. The zero-order chi connectivity index (χ0) is 15.3. The van der Waals surface area contributed by atoms with Crippen molar-refractivity contribution in [1.82, 2.24) is 5.32 Å². The van der Waals surface area contributed by atoms with Crippen LogP contribution in [0.25, 0.3) is 0 Å². The summed E-state index contributed by atoms with van der Waals surface area (Å²) in [5.74, 6) is -3.03. The van der Waals surface area contributed by atoms with Gasteiger partial charge in [0, 0.05) is 12.0 Å². The maximum Gasteiger partial charge on any atom is 0.326 e. The molecule has 1 aromatic rings. The second-order valence-corrected chi connectivity index (χ2v) is 4.30. The minimum Gasteiger partial charge on any atom is -0.508 e. The van der Waals surface area contributed by atoms with Crippen LogP contribution in [0.4, 0.5) is 0 Å². The van der Waals surface area contributed by atoms with Crippen LogP contribution in [-0.2, 0) is 9.59 Å². The van der Waals surface area contributed by atoms with Gasteiger partial charge >= 0.3 is 11.9 Å². The van der Waals surface area contributed by atoms with E-state index in [1.807, 2.05) is 0 Å². The molecule has 0 saturated heterocycles. The topological polar surface area (TPSA) is 124 Å². The van der Waals surface area contributed by atoms with Crippen molar-refractivity contribution in [3.63, 3.8) is 0 Å². The number of carbonyl (C=O) groups excluding carboxylic acids is 1. The van der Waals surface area contributed by atoms with Crippen molar-refractivity contribution >= 4 is 17.8 Å². The van der Waals surface area contributed by atoms with E-state index in [9.17, 15) is 19.5 Å². The van der Waals surface area contributed by atoms with Crippen LogP contribution >= 0.6 is 0 Å².